The summed E-state index contributed by atoms with van der Waals surface area (Å²) in [6.45, 7) is 3.92. The number of benzene rings is 2. The molecule has 1 unspecified atom stereocenters. The number of hydrogen-bond acceptors (Lipinski definition) is 1. The maximum absolute atomic E-state index is 13.0. The summed E-state index contributed by atoms with van der Waals surface area (Å²) in [5, 5.41) is 0. The molecule has 1 atom stereocenters. The van der Waals surface area contributed by atoms with Gasteiger partial charge >= 0.3 is 0 Å². The summed E-state index contributed by atoms with van der Waals surface area (Å²) in [5.74, 6) is -0.220. The first-order valence-corrected chi connectivity index (χ1v) is 5.66. The molecular weight excluding hydrogens is 213 g/mol. The third-order valence-corrected chi connectivity index (χ3v) is 3.00. The minimum Gasteiger partial charge on any atom is -0.320 e. The Kier molecular flexibility index (Phi) is 3.25. The zero-order chi connectivity index (χ0) is 12.4. The van der Waals surface area contributed by atoms with Crippen LogP contribution in [0.3, 0.4) is 0 Å². The molecule has 0 aliphatic carbocycles. The predicted octanol–water partition coefficient (Wildman–Crippen LogP) is 3.49. The summed E-state index contributed by atoms with van der Waals surface area (Å²) < 4.78 is 13.0. The van der Waals surface area contributed by atoms with Crippen molar-refractivity contribution >= 4 is 0 Å². The predicted molar refractivity (Wildman–Crippen MR) is 68.3 cm³/mol. The molecule has 88 valence electrons. The Morgan fingerprint density at radius 3 is 2.24 bits per heavy atom. The molecule has 0 saturated carbocycles. The van der Waals surface area contributed by atoms with E-state index in [-0.39, 0.29) is 11.9 Å². The Morgan fingerprint density at radius 2 is 1.65 bits per heavy atom. The van der Waals surface area contributed by atoms with Crippen molar-refractivity contribution in [3.8, 4) is 0 Å². The highest BCUT2D eigenvalue weighted by molar-refractivity contribution is 5.37. The molecule has 2 N–H and O–H groups in total. The van der Waals surface area contributed by atoms with Crippen LogP contribution >= 0.6 is 0 Å². The first-order chi connectivity index (χ1) is 8.08. The monoisotopic (exact) mass is 229 g/mol. The molecule has 0 aromatic heterocycles. The Labute approximate surface area is 101 Å². The summed E-state index contributed by atoms with van der Waals surface area (Å²) in [4.78, 5) is 0. The van der Waals surface area contributed by atoms with Crippen LogP contribution in [0.15, 0.2) is 42.5 Å². The van der Waals surface area contributed by atoms with Crippen molar-refractivity contribution in [3.05, 3.63) is 70.5 Å². The molecule has 2 aromatic carbocycles. The maximum atomic E-state index is 13.0. The van der Waals surface area contributed by atoms with Crippen molar-refractivity contribution in [2.75, 3.05) is 0 Å². The second kappa shape index (κ2) is 4.68. The molecule has 0 spiro atoms. The van der Waals surface area contributed by atoms with Crippen molar-refractivity contribution < 1.29 is 4.39 Å². The molecule has 1 nitrogen and oxygen atoms in total. The van der Waals surface area contributed by atoms with Gasteiger partial charge in [-0.1, -0.05) is 35.9 Å². The van der Waals surface area contributed by atoms with E-state index in [4.69, 9.17) is 5.73 Å². The van der Waals surface area contributed by atoms with Crippen LogP contribution in [0.2, 0.25) is 0 Å². The van der Waals surface area contributed by atoms with E-state index in [9.17, 15) is 4.39 Å². The zero-order valence-electron chi connectivity index (χ0n) is 10.1. The highest BCUT2D eigenvalue weighted by Crippen LogP contribution is 2.23. The van der Waals surface area contributed by atoms with Gasteiger partial charge in [0.1, 0.15) is 5.82 Å². The second-order valence-corrected chi connectivity index (χ2v) is 4.39. The van der Waals surface area contributed by atoms with E-state index in [1.165, 1.54) is 17.7 Å². The Hall–Kier alpha value is -1.67. The molecule has 2 rings (SSSR count). The molecule has 0 radical (unpaired) electrons. The molecular formula is C15H16FN. The van der Waals surface area contributed by atoms with E-state index >= 15 is 0 Å². The summed E-state index contributed by atoms with van der Waals surface area (Å²) in [6.07, 6.45) is 0. The lowest BCUT2D eigenvalue weighted by Gasteiger charge is -2.15. The Morgan fingerprint density at radius 1 is 1.00 bits per heavy atom. The van der Waals surface area contributed by atoms with Crippen molar-refractivity contribution in [3.63, 3.8) is 0 Å². The van der Waals surface area contributed by atoms with E-state index in [1.54, 1.807) is 6.07 Å². The highest BCUT2D eigenvalue weighted by Gasteiger charge is 2.11. The average Bonchev–Trinajstić information content (AvgIpc) is 2.29. The standard InChI is InChI=1S/C15H16FN/c1-10-3-5-12(6-4-10)15(17)14-8-7-13(16)9-11(14)2/h3-9,15H,17H2,1-2H3. The van der Waals surface area contributed by atoms with Crippen LogP contribution in [0.25, 0.3) is 0 Å². The minimum absolute atomic E-state index is 0.198. The van der Waals surface area contributed by atoms with Crippen LogP contribution < -0.4 is 5.73 Å². The Bertz CT molecular complexity index is 517. The normalized spacial score (nSPS) is 12.5. The van der Waals surface area contributed by atoms with Crippen LogP contribution in [0.5, 0.6) is 0 Å². The number of hydrogen-bond donors (Lipinski definition) is 1. The average molecular weight is 229 g/mol. The van der Waals surface area contributed by atoms with Gasteiger partial charge in [0.05, 0.1) is 6.04 Å². The molecule has 17 heavy (non-hydrogen) atoms. The molecule has 0 saturated heterocycles. The molecule has 0 fully saturated rings. The topological polar surface area (TPSA) is 26.0 Å². The van der Waals surface area contributed by atoms with E-state index < -0.39 is 0 Å². The number of halogens is 1. The van der Waals surface area contributed by atoms with Crippen molar-refractivity contribution in [2.45, 2.75) is 19.9 Å². The van der Waals surface area contributed by atoms with Crippen molar-refractivity contribution in [2.24, 2.45) is 5.73 Å². The van der Waals surface area contributed by atoms with Gasteiger partial charge in [0.15, 0.2) is 0 Å². The lowest BCUT2D eigenvalue weighted by Crippen LogP contribution is -2.13. The van der Waals surface area contributed by atoms with Crippen LogP contribution in [0, 0.1) is 19.7 Å². The van der Waals surface area contributed by atoms with Gasteiger partial charge in [-0.25, -0.2) is 4.39 Å². The third-order valence-electron chi connectivity index (χ3n) is 3.00. The van der Waals surface area contributed by atoms with Crippen molar-refractivity contribution in [1.29, 1.82) is 0 Å². The molecule has 0 bridgehead atoms. The van der Waals surface area contributed by atoms with Gasteiger partial charge in [-0.05, 0) is 42.7 Å². The molecule has 2 aromatic rings. The molecule has 0 heterocycles. The molecule has 0 aliphatic heterocycles. The second-order valence-electron chi connectivity index (χ2n) is 4.39. The van der Waals surface area contributed by atoms with Gasteiger partial charge in [-0.3, -0.25) is 0 Å². The number of rotatable bonds is 2. The first-order valence-electron chi connectivity index (χ1n) is 5.66. The van der Waals surface area contributed by atoms with Crippen LogP contribution in [-0.2, 0) is 0 Å². The van der Waals surface area contributed by atoms with Gasteiger partial charge in [0.2, 0.25) is 0 Å². The molecule has 2 heteroatoms. The zero-order valence-corrected chi connectivity index (χ0v) is 10.1. The lowest BCUT2D eigenvalue weighted by atomic mass is 9.95. The van der Waals surface area contributed by atoms with Gasteiger partial charge in [0, 0.05) is 0 Å². The molecule has 0 aliphatic rings. The van der Waals surface area contributed by atoms with E-state index in [1.807, 2.05) is 38.1 Å². The van der Waals surface area contributed by atoms with E-state index in [2.05, 4.69) is 0 Å². The van der Waals surface area contributed by atoms with Gasteiger partial charge in [0.25, 0.3) is 0 Å². The van der Waals surface area contributed by atoms with Crippen molar-refractivity contribution in [1.82, 2.24) is 0 Å². The van der Waals surface area contributed by atoms with E-state index in [0.717, 1.165) is 16.7 Å². The summed E-state index contributed by atoms with van der Waals surface area (Å²) in [6, 6.07) is 12.6. The fourth-order valence-electron chi connectivity index (χ4n) is 1.94. The third kappa shape index (κ3) is 2.53. The SMILES string of the molecule is Cc1ccc(C(N)c2ccc(F)cc2C)cc1. The Balaban J connectivity index is 2.36. The van der Waals surface area contributed by atoms with Gasteiger partial charge in [-0.2, -0.15) is 0 Å². The van der Waals surface area contributed by atoms with Crippen LogP contribution in [0.1, 0.15) is 28.3 Å². The largest absolute Gasteiger partial charge is 0.320 e. The van der Waals surface area contributed by atoms with E-state index in [0.29, 0.717) is 0 Å². The first kappa shape index (κ1) is 11.8. The fraction of sp³-hybridized carbons (Fsp3) is 0.200. The summed E-state index contributed by atoms with van der Waals surface area (Å²) in [5.41, 5.74) is 10.3. The lowest BCUT2D eigenvalue weighted by molar-refractivity contribution is 0.624. The van der Waals surface area contributed by atoms with Crippen LogP contribution in [-0.4, -0.2) is 0 Å². The summed E-state index contributed by atoms with van der Waals surface area (Å²) in [7, 11) is 0. The maximum Gasteiger partial charge on any atom is 0.123 e. The van der Waals surface area contributed by atoms with Gasteiger partial charge < -0.3 is 5.73 Å². The smallest absolute Gasteiger partial charge is 0.123 e. The highest BCUT2D eigenvalue weighted by atomic mass is 19.1. The van der Waals surface area contributed by atoms with Gasteiger partial charge in [-0.15, -0.1) is 0 Å². The number of nitrogens with two attached hydrogens (primary N) is 1. The fourth-order valence-corrected chi connectivity index (χ4v) is 1.94. The summed E-state index contributed by atoms with van der Waals surface area (Å²) >= 11 is 0. The number of aryl methyl sites for hydroxylation is 2. The van der Waals surface area contributed by atoms with Crippen LogP contribution in [0.4, 0.5) is 4.39 Å². The quantitative estimate of drug-likeness (QED) is 0.838. The minimum atomic E-state index is -0.220. The molecule has 0 amide bonds.